The highest BCUT2D eigenvalue weighted by Gasteiger charge is 2.47. The van der Waals surface area contributed by atoms with Crippen molar-refractivity contribution in [3.63, 3.8) is 0 Å². The van der Waals surface area contributed by atoms with Gasteiger partial charge in [-0.2, -0.15) is 0 Å². The molecule has 1 aromatic heterocycles. The predicted octanol–water partition coefficient (Wildman–Crippen LogP) is -1.39. The maximum Gasteiger partial charge on any atom is 0.229 e. The Morgan fingerprint density at radius 1 is 0.833 bits per heavy atom. The number of aliphatic hydroxyl groups is 6. The van der Waals surface area contributed by atoms with Crippen LogP contribution >= 0.6 is 0 Å². The molecule has 9 unspecified atom stereocenters. The van der Waals surface area contributed by atoms with E-state index in [1.807, 2.05) is 0 Å². The van der Waals surface area contributed by atoms with Crippen molar-refractivity contribution in [2.75, 3.05) is 34.5 Å². The van der Waals surface area contributed by atoms with Gasteiger partial charge in [0.25, 0.3) is 0 Å². The third kappa shape index (κ3) is 5.23. The quantitative estimate of drug-likeness (QED) is 0.165. The van der Waals surface area contributed by atoms with Gasteiger partial charge in [0.2, 0.25) is 17.5 Å². The summed E-state index contributed by atoms with van der Waals surface area (Å²) < 4.78 is 44.6. The fourth-order valence-electron chi connectivity index (χ4n) is 4.94. The lowest BCUT2D eigenvalue weighted by molar-refractivity contribution is -0.307. The molecule has 0 amide bonds. The van der Waals surface area contributed by atoms with Crippen molar-refractivity contribution >= 4 is 21.9 Å². The number of ether oxygens (including phenoxy) is 7. The van der Waals surface area contributed by atoms with Gasteiger partial charge >= 0.3 is 0 Å². The monoisotopic (exact) mass is 596 g/mol. The molecule has 230 valence electrons. The zero-order chi connectivity index (χ0) is 30.3. The van der Waals surface area contributed by atoms with E-state index in [9.17, 15) is 35.4 Å². The van der Waals surface area contributed by atoms with Gasteiger partial charge in [-0.1, -0.05) is 6.07 Å². The standard InChI is InChI=1S/C27H32O15/c1-35-12-6-4-5-10-17(29)16-13(40-23(10)12)7-14(36-2)24(37-3)25(16)42-27-22(34)20(32)19(31)15(41-27)9-39-26-21(33)18(30)11(28)8-38-26/h4-7,11,15,18-22,26-28,30-34H,8-9H2,1-3H3. The van der Waals surface area contributed by atoms with E-state index in [0.717, 1.165) is 0 Å². The molecule has 9 atom stereocenters. The molecule has 3 heterocycles. The second kappa shape index (κ2) is 12.2. The first-order valence-corrected chi connectivity index (χ1v) is 12.9. The molecule has 2 aliphatic rings. The minimum absolute atomic E-state index is 0.0274. The summed E-state index contributed by atoms with van der Waals surface area (Å²) >= 11 is 0. The number of fused-ring (bicyclic) bond motifs is 2. The Hall–Kier alpha value is -3.25. The molecule has 2 fully saturated rings. The molecule has 0 radical (unpaired) electrons. The lowest BCUT2D eigenvalue weighted by Crippen LogP contribution is -2.61. The number of benzene rings is 2. The fraction of sp³-hybridized carbons (Fsp3) is 0.519. The molecular weight excluding hydrogens is 564 g/mol. The summed E-state index contributed by atoms with van der Waals surface area (Å²) in [6, 6.07) is 6.17. The number of methoxy groups -OCH3 is 3. The first-order valence-electron chi connectivity index (χ1n) is 12.9. The van der Waals surface area contributed by atoms with Crippen LogP contribution in [0.15, 0.2) is 33.5 Å². The van der Waals surface area contributed by atoms with Crippen LogP contribution < -0.4 is 24.4 Å². The van der Waals surface area contributed by atoms with E-state index < -0.39 is 67.3 Å². The molecule has 0 spiro atoms. The summed E-state index contributed by atoms with van der Waals surface area (Å²) in [5.74, 6) is 0.131. The van der Waals surface area contributed by atoms with E-state index in [0.29, 0.717) is 5.75 Å². The Morgan fingerprint density at radius 3 is 2.24 bits per heavy atom. The van der Waals surface area contributed by atoms with Crippen molar-refractivity contribution in [3.8, 4) is 23.0 Å². The van der Waals surface area contributed by atoms with Crippen LogP contribution in [0.25, 0.3) is 21.9 Å². The Labute approximate surface area is 237 Å². The average Bonchev–Trinajstić information content (AvgIpc) is 2.99. The van der Waals surface area contributed by atoms with Gasteiger partial charge in [0.05, 0.1) is 39.9 Å². The van der Waals surface area contributed by atoms with Gasteiger partial charge in [0.1, 0.15) is 53.7 Å². The van der Waals surface area contributed by atoms with E-state index in [2.05, 4.69) is 0 Å². The first-order chi connectivity index (χ1) is 20.1. The minimum Gasteiger partial charge on any atom is -0.493 e. The van der Waals surface area contributed by atoms with Crippen molar-refractivity contribution in [1.29, 1.82) is 0 Å². The SMILES string of the molecule is COc1cc2oc3c(OC)cccc3c(=O)c2c(OC2OC(COC3OCC(O)C(O)C3O)C(O)C(O)C2O)c1OC. The summed E-state index contributed by atoms with van der Waals surface area (Å²) in [4.78, 5) is 13.7. The van der Waals surface area contributed by atoms with E-state index in [1.165, 1.54) is 33.5 Å². The van der Waals surface area contributed by atoms with Gasteiger partial charge in [0.15, 0.2) is 29.1 Å². The van der Waals surface area contributed by atoms with Crippen LogP contribution in [0.1, 0.15) is 0 Å². The molecule has 5 rings (SSSR count). The molecule has 3 aromatic rings. The Bertz CT molecular complexity index is 1470. The second-order valence-corrected chi connectivity index (χ2v) is 9.80. The Balaban J connectivity index is 1.50. The van der Waals surface area contributed by atoms with Crippen LogP contribution in [0.4, 0.5) is 0 Å². The third-order valence-corrected chi connectivity index (χ3v) is 7.25. The maximum atomic E-state index is 13.7. The lowest BCUT2D eigenvalue weighted by atomic mass is 9.99. The molecule has 0 aliphatic carbocycles. The van der Waals surface area contributed by atoms with Gasteiger partial charge < -0.3 is 68.2 Å². The molecule has 2 aliphatic heterocycles. The molecular formula is C27H32O15. The Morgan fingerprint density at radius 2 is 1.55 bits per heavy atom. The first kappa shape index (κ1) is 30.2. The van der Waals surface area contributed by atoms with Gasteiger partial charge in [-0.25, -0.2) is 0 Å². The van der Waals surface area contributed by atoms with Crippen molar-refractivity contribution < 1.29 is 68.2 Å². The van der Waals surface area contributed by atoms with Crippen molar-refractivity contribution in [3.05, 3.63) is 34.5 Å². The van der Waals surface area contributed by atoms with Gasteiger partial charge in [-0.05, 0) is 12.1 Å². The topological polar surface area (TPSA) is 216 Å². The smallest absolute Gasteiger partial charge is 0.229 e. The van der Waals surface area contributed by atoms with E-state index in [1.54, 1.807) is 12.1 Å². The molecule has 42 heavy (non-hydrogen) atoms. The van der Waals surface area contributed by atoms with Crippen LogP contribution in [0.5, 0.6) is 23.0 Å². The van der Waals surface area contributed by atoms with Crippen LogP contribution in [0.2, 0.25) is 0 Å². The summed E-state index contributed by atoms with van der Waals surface area (Å²) in [5.41, 5.74) is -0.333. The van der Waals surface area contributed by atoms with Crippen molar-refractivity contribution in [1.82, 2.24) is 0 Å². The Kier molecular flexibility index (Phi) is 8.75. The molecule has 15 heteroatoms. The van der Waals surface area contributed by atoms with E-state index >= 15 is 0 Å². The molecule has 0 saturated carbocycles. The van der Waals surface area contributed by atoms with Crippen LogP contribution in [0, 0.1) is 0 Å². The number of hydrogen-bond acceptors (Lipinski definition) is 15. The van der Waals surface area contributed by atoms with Gasteiger partial charge in [-0.3, -0.25) is 4.79 Å². The van der Waals surface area contributed by atoms with Crippen molar-refractivity contribution in [2.45, 2.75) is 55.3 Å². The summed E-state index contributed by atoms with van der Waals surface area (Å²) in [6.45, 7) is -0.826. The highest BCUT2D eigenvalue weighted by molar-refractivity contribution is 5.97. The highest BCUT2D eigenvalue weighted by atomic mass is 16.7. The molecule has 2 saturated heterocycles. The summed E-state index contributed by atoms with van der Waals surface area (Å²) in [6.07, 6.45) is -14.2. The molecule has 2 aromatic carbocycles. The van der Waals surface area contributed by atoms with Crippen LogP contribution in [0.3, 0.4) is 0 Å². The van der Waals surface area contributed by atoms with Crippen LogP contribution in [-0.2, 0) is 14.2 Å². The average molecular weight is 597 g/mol. The normalized spacial score (nSPS) is 31.7. The number of aliphatic hydroxyl groups excluding tert-OH is 6. The summed E-state index contributed by atoms with van der Waals surface area (Å²) in [5, 5.41) is 61.7. The fourth-order valence-corrected chi connectivity index (χ4v) is 4.94. The largest absolute Gasteiger partial charge is 0.493 e. The molecule has 0 bridgehead atoms. The third-order valence-electron chi connectivity index (χ3n) is 7.25. The molecule has 6 N–H and O–H groups in total. The van der Waals surface area contributed by atoms with Gasteiger partial charge in [-0.15, -0.1) is 0 Å². The number of rotatable bonds is 8. The summed E-state index contributed by atoms with van der Waals surface area (Å²) in [7, 11) is 4.08. The zero-order valence-corrected chi connectivity index (χ0v) is 22.8. The minimum atomic E-state index is -1.82. The van der Waals surface area contributed by atoms with Crippen molar-refractivity contribution in [2.24, 2.45) is 0 Å². The van der Waals surface area contributed by atoms with E-state index in [4.69, 9.17) is 37.6 Å². The number of hydrogen-bond donors (Lipinski definition) is 6. The highest BCUT2D eigenvalue weighted by Crippen LogP contribution is 2.45. The van der Waals surface area contributed by atoms with E-state index in [-0.39, 0.29) is 45.8 Å². The lowest BCUT2D eigenvalue weighted by Gasteiger charge is -2.41. The molecule has 15 nitrogen and oxygen atoms in total. The van der Waals surface area contributed by atoms with Crippen LogP contribution in [-0.4, -0.2) is 120 Å². The zero-order valence-electron chi connectivity index (χ0n) is 22.8. The second-order valence-electron chi connectivity index (χ2n) is 9.80. The van der Waals surface area contributed by atoms with Gasteiger partial charge in [0, 0.05) is 6.07 Å². The number of para-hydroxylation sites is 1. The maximum absolute atomic E-state index is 13.7. The predicted molar refractivity (Wildman–Crippen MR) is 141 cm³/mol.